The van der Waals surface area contributed by atoms with E-state index in [4.69, 9.17) is 0 Å². The molecule has 0 aromatic heterocycles. The second kappa shape index (κ2) is 7.90. The lowest BCUT2D eigenvalue weighted by Crippen LogP contribution is -2.46. The largest absolute Gasteiger partial charge is 0.272 e. The second-order valence-corrected chi connectivity index (χ2v) is 10.1. The highest BCUT2D eigenvalue weighted by Crippen LogP contribution is 2.36. The fourth-order valence-electron chi connectivity index (χ4n) is 4.60. The van der Waals surface area contributed by atoms with E-state index < -0.39 is 33.7 Å². The Morgan fingerprint density at radius 3 is 2.24 bits per heavy atom. The molecule has 2 aliphatic heterocycles. The van der Waals surface area contributed by atoms with E-state index in [1.54, 1.807) is 24.3 Å². The summed E-state index contributed by atoms with van der Waals surface area (Å²) < 4.78 is 42.4. The number of carbonyl (C=O) groups excluding carboxylic acids is 2. The predicted molar refractivity (Wildman–Crippen MR) is 120 cm³/mol. The van der Waals surface area contributed by atoms with Crippen LogP contribution in [0.25, 0.3) is 0 Å². The first-order chi connectivity index (χ1) is 15.8. The zero-order valence-corrected chi connectivity index (χ0v) is 18.7. The monoisotopic (exact) mass is 464 g/mol. The van der Waals surface area contributed by atoms with Crippen LogP contribution >= 0.6 is 0 Å². The fraction of sp³-hybridized carbons (Fsp3) is 0.200. The third-order valence-corrected chi connectivity index (χ3v) is 8.24. The van der Waals surface area contributed by atoms with Gasteiger partial charge in [0.1, 0.15) is 5.82 Å². The number of rotatable bonds is 4. The molecule has 1 unspecified atom stereocenters. The number of hydrogen-bond donors (Lipinski definition) is 0. The van der Waals surface area contributed by atoms with Gasteiger partial charge in [0.2, 0.25) is 10.0 Å². The van der Waals surface area contributed by atoms with Gasteiger partial charge in [-0.3, -0.25) is 14.5 Å². The van der Waals surface area contributed by atoms with Crippen molar-refractivity contribution in [3.8, 4) is 0 Å². The van der Waals surface area contributed by atoms with E-state index in [2.05, 4.69) is 0 Å². The average Bonchev–Trinajstić information content (AvgIpc) is 3.06. The van der Waals surface area contributed by atoms with Gasteiger partial charge in [-0.15, -0.1) is 0 Å². The Morgan fingerprint density at radius 2 is 1.58 bits per heavy atom. The molecule has 6 nitrogen and oxygen atoms in total. The molecule has 8 heteroatoms. The molecule has 2 amide bonds. The fourth-order valence-corrected chi connectivity index (χ4v) is 6.28. The van der Waals surface area contributed by atoms with Crippen molar-refractivity contribution in [1.29, 1.82) is 0 Å². The highest BCUT2D eigenvalue weighted by atomic mass is 32.2. The van der Waals surface area contributed by atoms with Crippen molar-refractivity contribution in [2.75, 3.05) is 13.1 Å². The molecule has 0 saturated heterocycles. The van der Waals surface area contributed by atoms with Crippen LogP contribution in [0, 0.1) is 12.7 Å². The van der Waals surface area contributed by atoms with Crippen LogP contribution in [0.15, 0.2) is 71.6 Å². The standard InChI is InChI=1S/C25H21FN2O4S/c1-16-14-18(10-11-22(16)26)33(31,32)28-13-12-17-6-2-3-7-19(17)23(28)15-27-24(29)20-8-4-5-9-21(20)25(27)30/h2-11,14,23H,12-13,15H2,1H3. The number of nitrogens with zero attached hydrogens (tertiary/aromatic N) is 2. The third kappa shape index (κ3) is 3.46. The molecular weight excluding hydrogens is 443 g/mol. The Hall–Kier alpha value is -3.36. The molecule has 2 aliphatic rings. The van der Waals surface area contributed by atoms with Gasteiger partial charge < -0.3 is 0 Å². The summed E-state index contributed by atoms with van der Waals surface area (Å²) in [7, 11) is -4.02. The zero-order chi connectivity index (χ0) is 23.3. The van der Waals surface area contributed by atoms with Gasteiger partial charge in [0.25, 0.3) is 11.8 Å². The maximum atomic E-state index is 13.8. The summed E-state index contributed by atoms with van der Waals surface area (Å²) in [5.41, 5.74) is 2.58. The van der Waals surface area contributed by atoms with Gasteiger partial charge in [-0.1, -0.05) is 36.4 Å². The van der Waals surface area contributed by atoms with Crippen molar-refractivity contribution in [2.45, 2.75) is 24.3 Å². The Kier molecular flexibility index (Phi) is 5.14. The molecule has 0 spiro atoms. The number of halogens is 1. The molecule has 0 bridgehead atoms. The number of hydrogen-bond acceptors (Lipinski definition) is 4. The molecule has 0 N–H and O–H groups in total. The highest BCUT2D eigenvalue weighted by Gasteiger charge is 2.42. The molecular formula is C25H21FN2O4S. The topological polar surface area (TPSA) is 74.8 Å². The van der Waals surface area contributed by atoms with Gasteiger partial charge in [-0.05, 0) is 60.4 Å². The molecule has 33 heavy (non-hydrogen) atoms. The summed E-state index contributed by atoms with van der Waals surface area (Å²) >= 11 is 0. The minimum Gasteiger partial charge on any atom is -0.272 e. The summed E-state index contributed by atoms with van der Waals surface area (Å²) in [4.78, 5) is 27.1. The van der Waals surface area contributed by atoms with Crippen molar-refractivity contribution in [1.82, 2.24) is 9.21 Å². The lowest BCUT2D eigenvalue weighted by molar-refractivity contribution is 0.0616. The van der Waals surface area contributed by atoms with Gasteiger partial charge in [-0.2, -0.15) is 4.31 Å². The minimum atomic E-state index is -4.02. The maximum Gasteiger partial charge on any atom is 0.261 e. The zero-order valence-electron chi connectivity index (χ0n) is 17.9. The molecule has 2 heterocycles. The number of sulfonamides is 1. The number of aryl methyl sites for hydroxylation is 1. The van der Waals surface area contributed by atoms with Crippen molar-refractivity contribution in [3.63, 3.8) is 0 Å². The molecule has 0 fully saturated rings. The van der Waals surface area contributed by atoms with Crippen LogP contribution in [0.4, 0.5) is 4.39 Å². The number of amides is 2. The summed E-state index contributed by atoms with van der Waals surface area (Å²) in [6, 6.07) is 17.0. The molecule has 0 radical (unpaired) electrons. The number of fused-ring (bicyclic) bond motifs is 2. The smallest absolute Gasteiger partial charge is 0.261 e. The van der Waals surface area contributed by atoms with E-state index in [0.29, 0.717) is 17.5 Å². The Morgan fingerprint density at radius 1 is 0.939 bits per heavy atom. The third-order valence-electron chi connectivity index (χ3n) is 6.33. The normalized spacial score (nSPS) is 18.4. The van der Waals surface area contributed by atoms with Gasteiger partial charge in [0, 0.05) is 6.54 Å². The van der Waals surface area contributed by atoms with Crippen molar-refractivity contribution in [3.05, 3.63) is 100 Å². The lowest BCUT2D eigenvalue weighted by Gasteiger charge is -2.38. The van der Waals surface area contributed by atoms with Crippen molar-refractivity contribution < 1.29 is 22.4 Å². The number of carbonyl (C=O) groups is 2. The quantitative estimate of drug-likeness (QED) is 0.552. The highest BCUT2D eigenvalue weighted by molar-refractivity contribution is 7.89. The predicted octanol–water partition coefficient (Wildman–Crippen LogP) is 3.72. The maximum absolute atomic E-state index is 13.8. The summed E-state index contributed by atoms with van der Waals surface area (Å²) in [5, 5.41) is 0. The average molecular weight is 465 g/mol. The number of imide groups is 1. The first kappa shape index (κ1) is 21.5. The van der Waals surface area contributed by atoms with Crippen LogP contribution in [0.2, 0.25) is 0 Å². The van der Waals surface area contributed by atoms with Gasteiger partial charge in [-0.25, -0.2) is 12.8 Å². The Balaban J connectivity index is 1.57. The van der Waals surface area contributed by atoms with Crippen LogP contribution < -0.4 is 0 Å². The summed E-state index contributed by atoms with van der Waals surface area (Å²) in [5.74, 6) is -1.36. The van der Waals surface area contributed by atoms with Crippen LogP contribution in [0.1, 0.15) is 43.4 Å². The summed E-state index contributed by atoms with van der Waals surface area (Å²) in [6.45, 7) is 1.59. The van der Waals surface area contributed by atoms with Gasteiger partial charge in [0.05, 0.1) is 28.6 Å². The van der Waals surface area contributed by atoms with E-state index >= 15 is 0 Å². The number of benzene rings is 3. The summed E-state index contributed by atoms with van der Waals surface area (Å²) in [6.07, 6.45) is 0.494. The lowest BCUT2D eigenvalue weighted by atomic mass is 9.94. The SMILES string of the molecule is Cc1cc(S(=O)(=O)N2CCc3ccccc3C2CN2C(=O)c3ccccc3C2=O)ccc1F. The molecule has 3 aromatic carbocycles. The Labute approximate surface area is 191 Å². The molecule has 168 valence electrons. The van der Waals surface area contributed by atoms with Crippen LogP contribution in [0.5, 0.6) is 0 Å². The van der Waals surface area contributed by atoms with E-state index in [0.717, 1.165) is 22.1 Å². The molecule has 3 aromatic rings. The van der Waals surface area contributed by atoms with Crippen LogP contribution in [-0.4, -0.2) is 42.5 Å². The van der Waals surface area contributed by atoms with Gasteiger partial charge >= 0.3 is 0 Å². The van der Waals surface area contributed by atoms with E-state index in [9.17, 15) is 22.4 Å². The Bertz CT molecular complexity index is 1370. The van der Waals surface area contributed by atoms with E-state index in [-0.39, 0.29) is 23.5 Å². The van der Waals surface area contributed by atoms with Crippen molar-refractivity contribution in [2.24, 2.45) is 0 Å². The van der Waals surface area contributed by atoms with Crippen LogP contribution in [-0.2, 0) is 16.4 Å². The molecule has 1 atom stereocenters. The second-order valence-electron chi connectivity index (χ2n) is 8.26. The van der Waals surface area contributed by atoms with Crippen molar-refractivity contribution >= 4 is 21.8 Å². The van der Waals surface area contributed by atoms with E-state index in [1.807, 2.05) is 24.3 Å². The first-order valence-electron chi connectivity index (χ1n) is 10.6. The minimum absolute atomic E-state index is 0.0202. The first-order valence-corrected chi connectivity index (χ1v) is 12.0. The molecule has 0 aliphatic carbocycles. The van der Waals surface area contributed by atoms with E-state index in [1.165, 1.54) is 23.4 Å². The molecule has 5 rings (SSSR count). The van der Waals surface area contributed by atoms with Crippen LogP contribution in [0.3, 0.4) is 0 Å². The van der Waals surface area contributed by atoms with Gasteiger partial charge in [0.15, 0.2) is 0 Å². The molecule has 0 saturated carbocycles.